The zero-order valence-corrected chi connectivity index (χ0v) is 10.8. The van der Waals surface area contributed by atoms with Crippen LogP contribution in [0, 0.1) is 0 Å². The number of ether oxygens (including phenoxy) is 2. The van der Waals surface area contributed by atoms with Crippen molar-refractivity contribution in [3.8, 4) is 11.5 Å². The van der Waals surface area contributed by atoms with Gasteiger partial charge in [0.1, 0.15) is 0 Å². The van der Waals surface area contributed by atoms with E-state index >= 15 is 0 Å². The number of nitrogens with two attached hydrogens (primary N) is 2. The summed E-state index contributed by atoms with van der Waals surface area (Å²) in [5, 5.41) is 0. The molecular weight excluding hydrogens is 232 g/mol. The highest BCUT2D eigenvalue weighted by Gasteiger charge is 2.09. The van der Waals surface area contributed by atoms with Crippen molar-refractivity contribution >= 4 is 5.91 Å². The molecule has 0 aliphatic rings. The summed E-state index contributed by atoms with van der Waals surface area (Å²) in [5.41, 5.74) is 12.0. The maximum absolute atomic E-state index is 10.7. The summed E-state index contributed by atoms with van der Waals surface area (Å²) in [6.45, 7) is 1.89. The molecule has 0 radical (unpaired) electrons. The van der Waals surface area contributed by atoms with Crippen LogP contribution >= 0.6 is 0 Å². The quantitative estimate of drug-likeness (QED) is 0.752. The molecule has 0 heterocycles. The molecule has 0 saturated carbocycles. The van der Waals surface area contributed by atoms with Crippen LogP contribution < -0.4 is 20.9 Å². The van der Waals surface area contributed by atoms with Crippen molar-refractivity contribution in [2.75, 3.05) is 13.7 Å². The van der Waals surface area contributed by atoms with Crippen molar-refractivity contribution in [3.63, 3.8) is 0 Å². The average Bonchev–Trinajstić information content (AvgIpc) is 2.36. The topological polar surface area (TPSA) is 87.6 Å². The van der Waals surface area contributed by atoms with Crippen LogP contribution in [0.1, 0.15) is 18.9 Å². The summed E-state index contributed by atoms with van der Waals surface area (Å²) in [4.78, 5) is 10.7. The zero-order chi connectivity index (χ0) is 13.5. The van der Waals surface area contributed by atoms with Gasteiger partial charge in [-0.05, 0) is 30.5 Å². The smallest absolute Gasteiger partial charge is 0.255 e. The van der Waals surface area contributed by atoms with Gasteiger partial charge in [0.05, 0.1) is 7.11 Å². The minimum Gasteiger partial charge on any atom is -0.493 e. The first-order chi connectivity index (χ1) is 8.56. The Morgan fingerprint density at radius 1 is 1.39 bits per heavy atom. The van der Waals surface area contributed by atoms with Crippen molar-refractivity contribution in [3.05, 3.63) is 23.8 Å². The van der Waals surface area contributed by atoms with Gasteiger partial charge in [0.15, 0.2) is 18.1 Å². The van der Waals surface area contributed by atoms with Gasteiger partial charge in [0.25, 0.3) is 5.91 Å². The zero-order valence-electron chi connectivity index (χ0n) is 10.8. The lowest BCUT2D eigenvalue weighted by Crippen LogP contribution is -2.21. The summed E-state index contributed by atoms with van der Waals surface area (Å²) < 4.78 is 10.5. The van der Waals surface area contributed by atoms with Gasteiger partial charge in [-0.3, -0.25) is 4.79 Å². The summed E-state index contributed by atoms with van der Waals surface area (Å²) in [6.07, 6.45) is 1.70. The normalized spacial score (nSPS) is 11.9. The minimum absolute atomic E-state index is 0.132. The van der Waals surface area contributed by atoms with E-state index < -0.39 is 5.91 Å². The number of hydrogen-bond donors (Lipinski definition) is 2. The Hall–Kier alpha value is -1.75. The van der Waals surface area contributed by atoms with Gasteiger partial charge in [-0.2, -0.15) is 0 Å². The van der Waals surface area contributed by atoms with Crippen molar-refractivity contribution in [1.82, 2.24) is 0 Å². The predicted octanol–water partition coefficient (Wildman–Crippen LogP) is 0.839. The van der Waals surface area contributed by atoms with E-state index in [4.69, 9.17) is 20.9 Å². The third-order valence-electron chi connectivity index (χ3n) is 2.62. The van der Waals surface area contributed by atoms with Crippen molar-refractivity contribution < 1.29 is 14.3 Å². The predicted molar refractivity (Wildman–Crippen MR) is 69.7 cm³/mol. The molecule has 0 aliphatic carbocycles. The van der Waals surface area contributed by atoms with E-state index in [0.29, 0.717) is 11.5 Å². The van der Waals surface area contributed by atoms with E-state index in [0.717, 1.165) is 18.4 Å². The third-order valence-corrected chi connectivity index (χ3v) is 2.62. The number of carbonyl (C=O) groups is 1. The second-order valence-corrected chi connectivity index (χ2v) is 4.11. The van der Waals surface area contributed by atoms with Gasteiger partial charge in [-0.15, -0.1) is 0 Å². The second-order valence-electron chi connectivity index (χ2n) is 4.11. The highest BCUT2D eigenvalue weighted by Crippen LogP contribution is 2.28. The van der Waals surface area contributed by atoms with Gasteiger partial charge in [0, 0.05) is 6.04 Å². The monoisotopic (exact) mass is 252 g/mol. The lowest BCUT2D eigenvalue weighted by atomic mass is 10.0. The number of benzene rings is 1. The molecule has 1 rings (SSSR count). The lowest BCUT2D eigenvalue weighted by molar-refractivity contribution is -0.119. The second kappa shape index (κ2) is 6.86. The van der Waals surface area contributed by atoms with Crippen LogP contribution in [-0.4, -0.2) is 25.7 Å². The van der Waals surface area contributed by atoms with Gasteiger partial charge >= 0.3 is 0 Å². The Morgan fingerprint density at radius 2 is 2.11 bits per heavy atom. The Bertz CT molecular complexity index is 407. The maximum atomic E-state index is 10.7. The van der Waals surface area contributed by atoms with Gasteiger partial charge in [-0.25, -0.2) is 0 Å². The summed E-state index contributed by atoms with van der Waals surface area (Å²) in [5.74, 6) is 0.566. The maximum Gasteiger partial charge on any atom is 0.255 e. The average molecular weight is 252 g/mol. The number of hydrogen-bond acceptors (Lipinski definition) is 4. The van der Waals surface area contributed by atoms with E-state index in [1.807, 2.05) is 19.1 Å². The van der Waals surface area contributed by atoms with Gasteiger partial charge in [0.2, 0.25) is 0 Å². The fourth-order valence-electron chi connectivity index (χ4n) is 1.55. The first-order valence-electron chi connectivity index (χ1n) is 5.90. The SMILES string of the molecule is CCC(N)Cc1ccc(OCC(N)=O)c(OC)c1. The highest BCUT2D eigenvalue weighted by molar-refractivity contribution is 5.75. The largest absolute Gasteiger partial charge is 0.493 e. The summed E-state index contributed by atoms with van der Waals surface area (Å²) >= 11 is 0. The molecule has 1 unspecified atom stereocenters. The van der Waals surface area contributed by atoms with Crippen LogP contribution in [0.25, 0.3) is 0 Å². The van der Waals surface area contributed by atoms with Crippen LogP contribution in [-0.2, 0) is 11.2 Å². The van der Waals surface area contributed by atoms with E-state index in [1.54, 1.807) is 13.2 Å². The molecule has 0 saturated heterocycles. The van der Waals surface area contributed by atoms with Crippen LogP contribution in [0.5, 0.6) is 11.5 Å². The molecule has 1 amide bonds. The number of carbonyl (C=O) groups excluding carboxylic acids is 1. The van der Waals surface area contributed by atoms with Crippen LogP contribution in [0.2, 0.25) is 0 Å². The molecular formula is C13H20N2O3. The van der Waals surface area contributed by atoms with E-state index in [-0.39, 0.29) is 12.6 Å². The van der Waals surface area contributed by atoms with Crippen LogP contribution in [0.4, 0.5) is 0 Å². The van der Waals surface area contributed by atoms with Crippen LogP contribution in [0.15, 0.2) is 18.2 Å². The van der Waals surface area contributed by atoms with Gasteiger partial charge < -0.3 is 20.9 Å². The van der Waals surface area contributed by atoms with Crippen molar-refractivity contribution in [1.29, 1.82) is 0 Å². The number of amides is 1. The molecule has 4 N–H and O–H groups in total. The Balaban J connectivity index is 2.79. The molecule has 0 aliphatic heterocycles. The summed E-state index contributed by atoms with van der Waals surface area (Å²) in [6, 6.07) is 5.67. The molecule has 18 heavy (non-hydrogen) atoms. The Morgan fingerprint density at radius 3 is 2.67 bits per heavy atom. The molecule has 5 heteroatoms. The van der Waals surface area contributed by atoms with E-state index in [2.05, 4.69) is 0 Å². The molecule has 0 aromatic heterocycles. The highest BCUT2D eigenvalue weighted by atomic mass is 16.5. The minimum atomic E-state index is -0.519. The van der Waals surface area contributed by atoms with Crippen molar-refractivity contribution in [2.24, 2.45) is 11.5 Å². The lowest BCUT2D eigenvalue weighted by Gasteiger charge is -2.13. The fourth-order valence-corrected chi connectivity index (χ4v) is 1.55. The van der Waals surface area contributed by atoms with Gasteiger partial charge in [-0.1, -0.05) is 13.0 Å². The molecule has 100 valence electrons. The first-order valence-corrected chi connectivity index (χ1v) is 5.90. The van der Waals surface area contributed by atoms with E-state index in [9.17, 15) is 4.79 Å². The Labute approximate surface area is 107 Å². The Kier molecular flexibility index (Phi) is 5.45. The number of rotatable bonds is 7. The molecule has 1 aromatic rings. The molecule has 0 bridgehead atoms. The number of primary amides is 1. The first kappa shape index (κ1) is 14.3. The molecule has 0 fully saturated rings. The van der Waals surface area contributed by atoms with E-state index in [1.165, 1.54) is 0 Å². The fraction of sp³-hybridized carbons (Fsp3) is 0.462. The summed E-state index contributed by atoms with van der Waals surface area (Å²) in [7, 11) is 1.55. The number of methoxy groups -OCH3 is 1. The standard InChI is InChI=1S/C13H20N2O3/c1-3-10(14)6-9-4-5-11(12(7-9)17-2)18-8-13(15)16/h4-5,7,10H,3,6,8,14H2,1-2H3,(H2,15,16). The van der Waals surface area contributed by atoms with Crippen LogP contribution in [0.3, 0.4) is 0 Å². The van der Waals surface area contributed by atoms with Crippen molar-refractivity contribution in [2.45, 2.75) is 25.8 Å². The molecule has 1 atom stereocenters. The third kappa shape index (κ3) is 4.25. The molecule has 5 nitrogen and oxygen atoms in total. The molecule has 0 spiro atoms. The molecule has 1 aromatic carbocycles.